The lowest BCUT2D eigenvalue weighted by atomic mass is 10.1. The zero-order chi connectivity index (χ0) is 12.3. The second-order valence-electron chi connectivity index (χ2n) is 5.34. The maximum Gasteiger partial charge on any atom is 0.0624 e. The number of hydrogen-bond donors (Lipinski definition) is 1. The minimum Gasteiger partial charge on any atom is -0.393 e. The van der Waals surface area contributed by atoms with Crippen LogP contribution in [0.5, 0.6) is 0 Å². The van der Waals surface area contributed by atoms with Crippen LogP contribution >= 0.6 is 0 Å². The second-order valence-corrected chi connectivity index (χ2v) is 5.34. The highest BCUT2D eigenvalue weighted by Gasteiger charge is 2.28. The molecule has 1 aromatic heterocycles. The summed E-state index contributed by atoms with van der Waals surface area (Å²) < 4.78 is 2.05. The molecule has 1 saturated carbocycles. The van der Waals surface area contributed by atoms with Crippen LogP contribution < -0.4 is 0 Å². The molecule has 1 aromatic rings. The standard InChI is InChI=1S/C14H24N2O/c1-3-11(2)16-10-9-13(15-16)5-4-6-14(17)12-7-8-12/h9-12,14,17H,3-8H2,1-2H3. The molecule has 0 aromatic carbocycles. The molecular weight excluding hydrogens is 212 g/mol. The molecule has 2 unspecified atom stereocenters. The highest BCUT2D eigenvalue weighted by atomic mass is 16.3. The number of rotatable bonds is 7. The van der Waals surface area contributed by atoms with Gasteiger partial charge in [-0.25, -0.2) is 0 Å². The largest absolute Gasteiger partial charge is 0.393 e. The van der Waals surface area contributed by atoms with Crippen LogP contribution in [0, 0.1) is 5.92 Å². The average molecular weight is 236 g/mol. The molecule has 0 amide bonds. The Morgan fingerprint density at radius 3 is 2.94 bits per heavy atom. The van der Waals surface area contributed by atoms with Gasteiger partial charge in [0.05, 0.1) is 11.8 Å². The van der Waals surface area contributed by atoms with E-state index in [1.807, 2.05) is 4.68 Å². The average Bonchev–Trinajstić information content (AvgIpc) is 3.08. The van der Waals surface area contributed by atoms with Crippen molar-refractivity contribution < 1.29 is 5.11 Å². The summed E-state index contributed by atoms with van der Waals surface area (Å²) in [4.78, 5) is 0. The second kappa shape index (κ2) is 5.67. The molecule has 2 rings (SSSR count). The molecule has 17 heavy (non-hydrogen) atoms. The van der Waals surface area contributed by atoms with Crippen molar-refractivity contribution in [3.63, 3.8) is 0 Å². The van der Waals surface area contributed by atoms with Gasteiger partial charge < -0.3 is 5.11 Å². The quantitative estimate of drug-likeness (QED) is 0.790. The van der Waals surface area contributed by atoms with Crippen molar-refractivity contribution in [3.8, 4) is 0 Å². The number of aliphatic hydroxyl groups excluding tert-OH is 1. The van der Waals surface area contributed by atoms with Crippen LogP contribution in [0.25, 0.3) is 0 Å². The van der Waals surface area contributed by atoms with E-state index in [1.54, 1.807) is 0 Å². The Bertz CT molecular complexity index is 344. The Morgan fingerprint density at radius 1 is 1.53 bits per heavy atom. The highest BCUT2D eigenvalue weighted by molar-refractivity contribution is 5.00. The Hall–Kier alpha value is -0.830. The van der Waals surface area contributed by atoms with Gasteiger partial charge in [-0.15, -0.1) is 0 Å². The first-order chi connectivity index (χ1) is 8.20. The van der Waals surface area contributed by atoms with E-state index in [9.17, 15) is 5.11 Å². The third-order valence-corrected chi connectivity index (χ3v) is 3.80. The van der Waals surface area contributed by atoms with Crippen LogP contribution in [0.2, 0.25) is 0 Å². The molecule has 3 nitrogen and oxygen atoms in total. The lowest BCUT2D eigenvalue weighted by Gasteiger charge is -2.09. The summed E-state index contributed by atoms with van der Waals surface area (Å²) in [6, 6.07) is 2.59. The molecule has 0 saturated heterocycles. The fraction of sp³-hybridized carbons (Fsp3) is 0.786. The number of aromatic nitrogens is 2. The van der Waals surface area contributed by atoms with Crippen LogP contribution in [0.4, 0.5) is 0 Å². The third kappa shape index (κ3) is 3.56. The zero-order valence-electron chi connectivity index (χ0n) is 11.0. The molecule has 3 heteroatoms. The number of nitrogens with zero attached hydrogens (tertiary/aromatic N) is 2. The highest BCUT2D eigenvalue weighted by Crippen LogP contribution is 2.34. The van der Waals surface area contributed by atoms with Crippen molar-refractivity contribution in [1.29, 1.82) is 0 Å². The summed E-state index contributed by atoms with van der Waals surface area (Å²) in [6.45, 7) is 4.37. The monoisotopic (exact) mass is 236 g/mol. The first-order valence-electron chi connectivity index (χ1n) is 6.92. The molecule has 0 spiro atoms. The topological polar surface area (TPSA) is 38.0 Å². The van der Waals surface area contributed by atoms with E-state index >= 15 is 0 Å². The molecule has 0 aliphatic heterocycles. The first-order valence-corrected chi connectivity index (χ1v) is 6.92. The molecule has 1 N–H and O–H groups in total. The fourth-order valence-corrected chi connectivity index (χ4v) is 2.15. The van der Waals surface area contributed by atoms with Crippen molar-refractivity contribution in [1.82, 2.24) is 9.78 Å². The Kier molecular flexibility index (Phi) is 4.21. The van der Waals surface area contributed by atoms with Gasteiger partial charge in [0.25, 0.3) is 0 Å². The lowest BCUT2D eigenvalue weighted by molar-refractivity contribution is 0.139. The zero-order valence-corrected chi connectivity index (χ0v) is 11.0. The van der Waals surface area contributed by atoms with Crippen LogP contribution in [-0.2, 0) is 6.42 Å². The Morgan fingerprint density at radius 2 is 2.29 bits per heavy atom. The van der Waals surface area contributed by atoms with Crippen molar-refractivity contribution >= 4 is 0 Å². The summed E-state index contributed by atoms with van der Waals surface area (Å²) in [7, 11) is 0. The maximum atomic E-state index is 9.77. The van der Waals surface area contributed by atoms with Gasteiger partial charge in [0, 0.05) is 12.2 Å². The molecule has 1 aliphatic carbocycles. The van der Waals surface area contributed by atoms with Crippen molar-refractivity contribution in [2.24, 2.45) is 5.92 Å². The predicted molar refractivity (Wildman–Crippen MR) is 68.9 cm³/mol. The number of aryl methyl sites for hydroxylation is 1. The Balaban J connectivity index is 1.72. The number of hydrogen-bond acceptors (Lipinski definition) is 2. The van der Waals surface area contributed by atoms with Gasteiger partial charge in [0.2, 0.25) is 0 Å². The van der Waals surface area contributed by atoms with Gasteiger partial charge in [-0.05, 0) is 57.4 Å². The van der Waals surface area contributed by atoms with E-state index in [0.29, 0.717) is 12.0 Å². The van der Waals surface area contributed by atoms with Gasteiger partial charge in [0.1, 0.15) is 0 Å². The van der Waals surface area contributed by atoms with Gasteiger partial charge in [-0.1, -0.05) is 6.92 Å². The van der Waals surface area contributed by atoms with Gasteiger partial charge in [-0.2, -0.15) is 5.10 Å². The molecule has 2 atom stereocenters. The van der Waals surface area contributed by atoms with Gasteiger partial charge in [-0.3, -0.25) is 4.68 Å². The van der Waals surface area contributed by atoms with E-state index in [2.05, 4.69) is 31.2 Å². The minimum absolute atomic E-state index is 0.0633. The van der Waals surface area contributed by atoms with Crippen LogP contribution in [0.15, 0.2) is 12.3 Å². The first kappa shape index (κ1) is 12.6. The van der Waals surface area contributed by atoms with Crippen molar-refractivity contribution in [2.75, 3.05) is 0 Å². The van der Waals surface area contributed by atoms with E-state index in [0.717, 1.165) is 31.4 Å². The minimum atomic E-state index is -0.0633. The van der Waals surface area contributed by atoms with Crippen LogP contribution in [0.1, 0.15) is 57.7 Å². The van der Waals surface area contributed by atoms with Crippen LogP contribution in [0.3, 0.4) is 0 Å². The predicted octanol–water partition coefficient (Wildman–Crippen LogP) is 2.95. The summed E-state index contributed by atoms with van der Waals surface area (Å²) in [5, 5.41) is 14.3. The van der Waals surface area contributed by atoms with Crippen molar-refractivity contribution in [2.45, 2.75) is 64.5 Å². The lowest BCUT2D eigenvalue weighted by Crippen LogP contribution is -2.09. The molecule has 1 heterocycles. The molecule has 1 aliphatic rings. The van der Waals surface area contributed by atoms with Gasteiger partial charge in [0.15, 0.2) is 0 Å². The Labute approximate surface area is 104 Å². The molecule has 1 fully saturated rings. The number of aliphatic hydroxyl groups is 1. The fourth-order valence-electron chi connectivity index (χ4n) is 2.15. The summed E-state index contributed by atoms with van der Waals surface area (Å²) >= 11 is 0. The normalized spacial score (nSPS) is 19.2. The van der Waals surface area contributed by atoms with Gasteiger partial charge >= 0.3 is 0 Å². The van der Waals surface area contributed by atoms with Crippen molar-refractivity contribution in [3.05, 3.63) is 18.0 Å². The van der Waals surface area contributed by atoms with Crippen LogP contribution in [-0.4, -0.2) is 21.0 Å². The third-order valence-electron chi connectivity index (χ3n) is 3.80. The summed E-state index contributed by atoms with van der Waals surface area (Å²) in [5.41, 5.74) is 1.16. The molecule has 0 radical (unpaired) electrons. The molecular formula is C14H24N2O. The van der Waals surface area contributed by atoms with E-state index in [1.165, 1.54) is 12.8 Å². The van der Waals surface area contributed by atoms with E-state index < -0.39 is 0 Å². The maximum absolute atomic E-state index is 9.77. The smallest absolute Gasteiger partial charge is 0.0624 e. The summed E-state index contributed by atoms with van der Waals surface area (Å²) in [6.07, 6.45) is 8.55. The van der Waals surface area contributed by atoms with E-state index in [-0.39, 0.29) is 6.10 Å². The summed E-state index contributed by atoms with van der Waals surface area (Å²) in [5.74, 6) is 0.604. The van der Waals surface area contributed by atoms with E-state index in [4.69, 9.17) is 0 Å². The molecule has 0 bridgehead atoms. The molecule has 96 valence electrons. The SMILES string of the molecule is CCC(C)n1ccc(CCCC(O)C2CC2)n1.